The summed E-state index contributed by atoms with van der Waals surface area (Å²) in [4.78, 5) is 38.5. The van der Waals surface area contributed by atoms with Gasteiger partial charge in [0, 0.05) is 6.07 Å². The van der Waals surface area contributed by atoms with Gasteiger partial charge in [-0.3, -0.25) is 19.0 Å². The van der Waals surface area contributed by atoms with Crippen molar-refractivity contribution in [1.29, 1.82) is 0 Å². The number of carbonyl (C=O) groups is 1. The van der Waals surface area contributed by atoms with Gasteiger partial charge in [0.15, 0.2) is 4.96 Å². The third-order valence-electron chi connectivity index (χ3n) is 4.39. The molecule has 0 bridgehead atoms. The molecule has 0 saturated carbocycles. The van der Waals surface area contributed by atoms with Crippen molar-refractivity contribution in [3.05, 3.63) is 76.8 Å². The lowest BCUT2D eigenvalue weighted by Gasteiger charge is -2.05. The zero-order valence-electron chi connectivity index (χ0n) is 15.5. The van der Waals surface area contributed by atoms with Gasteiger partial charge in [0.25, 0.3) is 5.56 Å². The summed E-state index contributed by atoms with van der Waals surface area (Å²) in [5.74, 6) is -0.315. The van der Waals surface area contributed by atoms with E-state index in [1.807, 2.05) is 48.5 Å². The maximum absolute atomic E-state index is 12.5. The van der Waals surface area contributed by atoms with E-state index >= 15 is 0 Å². The fourth-order valence-electron chi connectivity index (χ4n) is 3.04. The molecule has 5 rings (SSSR count). The van der Waals surface area contributed by atoms with Crippen molar-refractivity contribution in [1.82, 2.24) is 19.4 Å². The summed E-state index contributed by atoms with van der Waals surface area (Å²) in [5.41, 5.74) is 2.64. The zero-order valence-corrected chi connectivity index (χ0v) is 17.2. The van der Waals surface area contributed by atoms with Crippen LogP contribution in [0, 0.1) is 0 Å². The van der Waals surface area contributed by atoms with Crippen LogP contribution >= 0.6 is 23.1 Å². The van der Waals surface area contributed by atoms with E-state index in [0.717, 1.165) is 21.3 Å². The average Bonchev–Trinajstić information content (AvgIpc) is 3.15. The zero-order chi connectivity index (χ0) is 20.5. The summed E-state index contributed by atoms with van der Waals surface area (Å²) in [7, 11) is 0. The van der Waals surface area contributed by atoms with Crippen molar-refractivity contribution in [3.63, 3.8) is 0 Å². The van der Waals surface area contributed by atoms with Crippen LogP contribution in [0.2, 0.25) is 0 Å². The molecule has 2 aromatic carbocycles. The molecule has 0 atom stereocenters. The molecule has 0 aliphatic carbocycles. The number of para-hydroxylation sites is 3. The van der Waals surface area contributed by atoms with E-state index < -0.39 is 5.97 Å². The van der Waals surface area contributed by atoms with E-state index in [1.54, 1.807) is 10.6 Å². The number of thioether (sulfide) groups is 1. The van der Waals surface area contributed by atoms with Crippen molar-refractivity contribution in [2.75, 3.05) is 5.75 Å². The first kappa shape index (κ1) is 18.7. The smallest absolute Gasteiger partial charge is 0.316 e. The second-order valence-corrected chi connectivity index (χ2v) is 8.42. The van der Waals surface area contributed by atoms with Gasteiger partial charge in [-0.2, -0.15) is 0 Å². The van der Waals surface area contributed by atoms with E-state index in [-0.39, 0.29) is 17.9 Å². The van der Waals surface area contributed by atoms with Crippen LogP contribution in [0.5, 0.6) is 0 Å². The van der Waals surface area contributed by atoms with Gasteiger partial charge in [0.2, 0.25) is 0 Å². The van der Waals surface area contributed by atoms with Crippen LogP contribution in [0.25, 0.3) is 26.2 Å². The number of carbonyl (C=O) groups excluding carboxylic acids is 1. The van der Waals surface area contributed by atoms with Crippen molar-refractivity contribution >= 4 is 55.3 Å². The molecular weight excluding hydrogens is 420 g/mol. The summed E-state index contributed by atoms with van der Waals surface area (Å²) in [6, 6.07) is 16.6. The van der Waals surface area contributed by atoms with Gasteiger partial charge >= 0.3 is 5.97 Å². The lowest BCUT2D eigenvalue weighted by Crippen LogP contribution is -2.15. The summed E-state index contributed by atoms with van der Waals surface area (Å²) >= 11 is 2.68. The van der Waals surface area contributed by atoms with Gasteiger partial charge in [0.05, 0.1) is 38.9 Å². The highest BCUT2D eigenvalue weighted by Crippen LogP contribution is 2.23. The first-order chi connectivity index (χ1) is 14.7. The van der Waals surface area contributed by atoms with Gasteiger partial charge in [-0.15, -0.1) is 0 Å². The number of rotatable bonds is 5. The number of hydrogen-bond acceptors (Lipinski definition) is 8. The number of fused-ring (bicyclic) bond motifs is 4. The number of aromatic nitrogens is 4. The molecule has 0 amide bonds. The molecule has 148 valence electrons. The molecule has 0 N–H and O–H groups in total. The van der Waals surface area contributed by atoms with Crippen molar-refractivity contribution in [2.24, 2.45) is 0 Å². The van der Waals surface area contributed by atoms with Crippen LogP contribution in [0.15, 0.2) is 70.6 Å². The van der Waals surface area contributed by atoms with Gasteiger partial charge in [-0.25, -0.2) is 9.97 Å². The minimum Gasteiger partial charge on any atom is -0.459 e. The number of thiazole rings is 1. The van der Waals surface area contributed by atoms with Gasteiger partial charge in [0.1, 0.15) is 11.6 Å². The van der Waals surface area contributed by atoms with E-state index in [0.29, 0.717) is 15.7 Å². The molecular formula is C21H14N4O3S2. The van der Waals surface area contributed by atoms with Crippen molar-refractivity contribution in [3.8, 4) is 0 Å². The molecule has 7 nitrogen and oxygen atoms in total. The Morgan fingerprint density at radius 2 is 1.87 bits per heavy atom. The van der Waals surface area contributed by atoms with Crippen LogP contribution in [0.1, 0.15) is 5.69 Å². The van der Waals surface area contributed by atoms with Gasteiger partial charge < -0.3 is 4.74 Å². The molecule has 3 aromatic heterocycles. The Bertz CT molecular complexity index is 1460. The largest absolute Gasteiger partial charge is 0.459 e. The highest BCUT2D eigenvalue weighted by atomic mass is 32.2. The maximum atomic E-state index is 12.5. The molecule has 30 heavy (non-hydrogen) atoms. The lowest BCUT2D eigenvalue weighted by atomic mass is 10.3. The number of benzene rings is 2. The topological polar surface area (TPSA) is 86.5 Å². The third kappa shape index (κ3) is 3.64. The molecule has 0 unspecified atom stereocenters. The van der Waals surface area contributed by atoms with Gasteiger partial charge in [-0.05, 0) is 24.3 Å². The number of hydrogen-bond donors (Lipinski definition) is 0. The van der Waals surface area contributed by atoms with Crippen molar-refractivity contribution in [2.45, 2.75) is 11.6 Å². The Labute approximate surface area is 178 Å². The normalized spacial score (nSPS) is 11.3. The van der Waals surface area contributed by atoms with E-state index in [4.69, 9.17) is 4.74 Å². The molecule has 0 radical (unpaired) electrons. The fraction of sp³-hybridized carbons (Fsp3) is 0.0952. The molecule has 0 fully saturated rings. The van der Waals surface area contributed by atoms with E-state index in [9.17, 15) is 9.59 Å². The van der Waals surface area contributed by atoms with Crippen LogP contribution in [-0.4, -0.2) is 31.1 Å². The number of ether oxygens (including phenoxy) is 1. The third-order valence-corrected chi connectivity index (χ3v) is 6.29. The first-order valence-corrected chi connectivity index (χ1v) is 10.9. The summed E-state index contributed by atoms with van der Waals surface area (Å²) in [6.07, 6.45) is 1.64. The molecule has 0 spiro atoms. The Morgan fingerprint density at radius 1 is 1.07 bits per heavy atom. The van der Waals surface area contributed by atoms with Crippen LogP contribution in [-0.2, 0) is 16.1 Å². The molecule has 0 aliphatic rings. The minimum absolute atomic E-state index is 0.0528. The second kappa shape index (κ2) is 7.85. The van der Waals surface area contributed by atoms with E-state index in [1.165, 1.54) is 29.2 Å². The van der Waals surface area contributed by atoms with Crippen LogP contribution < -0.4 is 5.56 Å². The van der Waals surface area contributed by atoms with Gasteiger partial charge in [-0.1, -0.05) is 47.4 Å². The Morgan fingerprint density at radius 3 is 2.77 bits per heavy atom. The summed E-state index contributed by atoms with van der Waals surface area (Å²) in [6.45, 7) is -0.0528. The Hall–Kier alpha value is -3.30. The molecule has 3 heterocycles. The van der Waals surface area contributed by atoms with Crippen molar-refractivity contribution < 1.29 is 9.53 Å². The Balaban J connectivity index is 1.26. The molecule has 0 saturated heterocycles. The number of esters is 1. The predicted octanol–water partition coefficient (Wildman–Crippen LogP) is 3.69. The summed E-state index contributed by atoms with van der Waals surface area (Å²) < 4.78 is 7.85. The fourth-order valence-corrected chi connectivity index (χ4v) is 4.72. The second-order valence-electron chi connectivity index (χ2n) is 6.42. The Kier molecular flexibility index (Phi) is 4.89. The summed E-state index contributed by atoms with van der Waals surface area (Å²) in [5, 5.41) is 0.647. The minimum atomic E-state index is -0.409. The SMILES string of the molecule is O=C(CSc1cnc2ccccc2n1)OCc1cc(=O)n2c(n1)sc1ccccc12. The lowest BCUT2D eigenvalue weighted by molar-refractivity contribution is -0.141. The van der Waals surface area contributed by atoms with E-state index in [2.05, 4.69) is 15.0 Å². The molecule has 5 aromatic rings. The predicted molar refractivity (Wildman–Crippen MR) is 117 cm³/mol. The maximum Gasteiger partial charge on any atom is 0.316 e. The highest BCUT2D eigenvalue weighted by Gasteiger charge is 2.12. The van der Waals surface area contributed by atoms with Crippen LogP contribution in [0.3, 0.4) is 0 Å². The molecule has 0 aliphatic heterocycles. The number of nitrogens with zero attached hydrogens (tertiary/aromatic N) is 4. The van der Waals surface area contributed by atoms with Crippen LogP contribution in [0.4, 0.5) is 0 Å². The quantitative estimate of drug-likeness (QED) is 0.308. The average molecular weight is 435 g/mol. The standard InChI is InChI=1S/C21H14N4O3S2/c26-19-9-13(23-21-25(19)16-7-3-4-8-17(16)30-21)11-28-20(27)12-29-18-10-22-14-5-1-2-6-15(14)24-18/h1-10H,11-12H2. The molecule has 9 heteroatoms. The monoisotopic (exact) mass is 434 g/mol. The highest BCUT2D eigenvalue weighted by molar-refractivity contribution is 7.99. The first-order valence-electron chi connectivity index (χ1n) is 9.08.